The van der Waals surface area contributed by atoms with Crippen LogP contribution in [-0.2, 0) is 9.59 Å². The third kappa shape index (κ3) is 3.33. The third-order valence-electron chi connectivity index (χ3n) is 4.49. The largest absolute Gasteiger partial charge is 0.497 e. The first-order chi connectivity index (χ1) is 14.4. The standard InChI is InChI=1S/C21H13ClN2O6/c1-29-14-5-3-13(4-6-14)24-20(27)16(19(26)23-21(24)28)8-11-10-30-17-7-2-12(22)9-15(17)18(11)25/h2-10H,1H3,(H,23,26,28)/b16-8+. The lowest BCUT2D eigenvalue weighted by Crippen LogP contribution is -2.54. The van der Waals surface area contributed by atoms with Crippen LogP contribution in [0.4, 0.5) is 10.5 Å². The molecule has 0 aliphatic carbocycles. The summed E-state index contributed by atoms with van der Waals surface area (Å²) in [5.41, 5.74) is -0.360. The molecule has 8 nitrogen and oxygen atoms in total. The van der Waals surface area contributed by atoms with Crippen LogP contribution in [0.15, 0.2) is 63.5 Å². The average Bonchev–Trinajstić information content (AvgIpc) is 2.73. The van der Waals surface area contributed by atoms with Gasteiger partial charge in [0.25, 0.3) is 11.8 Å². The predicted octanol–water partition coefficient (Wildman–Crippen LogP) is 3.12. The van der Waals surface area contributed by atoms with Gasteiger partial charge in [-0.25, -0.2) is 9.69 Å². The van der Waals surface area contributed by atoms with E-state index in [0.717, 1.165) is 17.2 Å². The van der Waals surface area contributed by atoms with Gasteiger partial charge in [-0.3, -0.25) is 19.7 Å². The van der Waals surface area contributed by atoms with Crippen molar-refractivity contribution in [2.75, 3.05) is 12.0 Å². The number of benzene rings is 2. The van der Waals surface area contributed by atoms with Gasteiger partial charge in [-0.15, -0.1) is 0 Å². The van der Waals surface area contributed by atoms with Crippen LogP contribution >= 0.6 is 11.6 Å². The van der Waals surface area contributed by atoms with E-state index >= 15 is 0 Å². The van der Waals surface area contributed by atoms with Crippen LogP contribution in [0.25, 0.3) is 17.0 Å². The number of amides is 4. The summed E-state index contributed by atoms with van der Waals surface area (Å²) in [4.78, 5) is 51.0. The van der Waals surface area contributed by atoms with Gasteiger partial charge in [0.15, 0.2) is 5.43 Å². The molecule has 4 rings (SSSR count). The van der Waals surface area contributed by atoms with Gasteiger partial charge in [0.1, 0.15) is 23.2 Å². The molecule has 1 aliphatic heterocycles. The van der Waals surface area contributed by atoms with Crippen molar-refractivity contribution in [1.82, 2.24) is 5.32 Å². The lowest BCUT2D eigenvalue weighted by Gasteiger charge is -2.26. The summed E-state index contributed by atoms with van der Waals surface area (Å²) in [6.45, 7) is 0. The summed E-state index contributed by atoms with van der Waals surface area (Å²) in [7, 11) is 1.48. The summed E-state index contributed by atoms with van der Waals surface area (Å²) < 4.78 is 10.5. The van der Waals surface area contributed by atoms with Gasteiger partial charge >= 0.3 is 6.03 Å². The molecule has 1 saturated heterocycles. The van der Waals surface area contributed by atoms with Crippen LogP contribution in [0.3, 0.4) is 0 Å². The van der Waals surface area contributed by atoms with E-state index in [0.29, 0.717) is 16.4 Å². The fourth-order valence-electron chi connectivity index (χ4n) is 3.00. The normalized spacial score (nSPS) is 15.6. The number of carbonyl (C=O) groups excluding carboxylic acids is 3. The highest BCUT2D eigenvalue weighted by Gasteiger charge is 2.37. The molecule has 1 fully saturated rings. The molecular weight excluding hydrogens is 412 g/mol. The number of carbonyl (C=O) groups is 3. The van der Waals surface area contributed by atoms with Gasteiger partial charge in [-0.2, -0.15) is 0 Å². The van der Waals surface area contributed by atoms with E-state index < -0.39 is 23.3 Å². The highest BCUT2D eigenvalue weighted by molar-refractivity contribution is 6.39. The molecular formula is C21H13ClN2O6. The van der Waals surface area contributed by atoms with Crippen molar-refractivity contribution >= 4 is 52.2 Å². The number of barbiturate groups is 1. The number of nitrogens with one attached hydrogen (secondary N) is 1. The van der Waals surface area contributed by atoms with Crippen molar-refractivity contribution in [2.24, 2.45) is 0 Å². The molecule has 3 aromatic rings. The summed E-state index contributed by atoms with van der Waals surface area (Å²) in [5.74, 6) is -1.26. The van der Waals surface area contributed by atoms with E-state index in [9.17, 15) is 19.2 Å². The highest BCUT2D eigenvalue weighted by Crippen LogP contribution is 2.24. The van der Waals surface area contributed by atoms with Crippen molar-refractivity contribution in [3.8, 4) is 5.75 Å². The van der Waals surface area contributed by atoms with Crippen molar-refractivity contribution in [3.63, 3.8) is 0 Å². The Bertz CT molecular complexity index is 1290. The molecule has 30 heavy (non-hydrogen) atoms. The second kappa shape index (κ2) is 7.49. The Balaban J connectivity index is 1.78. The van der Waals surface area contributed by atoms with Crippen molar-refractivity contribution in [2.45, 2.75) is 0 Å². The zero-order chi connectivity index (χ0) is 21.4. The Kier molecular flexibility index (Phi) is 4.85. The Morgan fingerprint density at radius 3 is 2.50 bits per heavy atom. The number of hydrogen-bond acceptors (Lipinski definition) is 6. The van der Waals surface area contributed by atoms with Gasteiger partial charge in [0.2, 0.25) is 0 Å². The zero-order valence-electron chi connectivity index (χ0n) is 15.5. The van der Waals surface area contributed by atoms with Gasteiger partial charge < -0.3 is 9.15 Å². The molecule has 0 atom stereocenters. The molecule has 9 heteroatoms. The number of rotatable bonds is 3. The van der Waals surface area contributed by atoms with Gasteiger partial charge in [-0.05, 0) is 48.5 Å². The fraction of sp³-hybridized carbons (Fsp3) is 0.0476. The summed E-state index contributed by atoms with van der Waals surface area (Å²) >= 11 is 5.94. The third-order valence-corrected chi connectivity index (χ3v) is 4.73. The SMILES string of the molecule is COc1ccc(N2C(=O)NC(=O)/C(=C\c3coc4ccc(Cl)cc4c3=O)C2=O)cc1. The maximum atomic E-state index is 12.9. The van der Waals surface area contributed by atoms with Crippen LogP contribution in [0.5, 0.6) is 5.75 Å². The number of urea groups is 1. The zero-order valence-corrected chi connectivity index (χ0v) is 16.2. The number of fused-ring (bicyclic) bond motifs is 1. The molecule has 2 heterocycles. The van der Waals surface area contributed by atoms with E-state index in [1.165, 1.54) is 25.3 Å². The molecule has 1 aliphatic rings. The molecule has 1 N–H and O–H groups in total. The second-order valence-electron chi connectivity index (χ2n) is 6.32. The first-order valence-electron chi connectivity index (χ1n) is 8.65. The number of hydrogen-bond donors (Lipinski definition) is 1. The van der Waals surface area contributed by atoms with E-state index in [1.807, 2.05) is 0 Å². The monoisotopic (exact) mass is 424 g/mol. The summed E-state index contributed by atoms with van der Waals surface area (Å²) in [5, 5.41) is 2.63. The van der Waals surface area contributed by atoms with Crippen LogP contribution in [0, 0.1) is 0 Å². The minimum atomic E-state index is -0.916. The molecule has 0 bridgehead atoms. The maximum absolute atomic E-state index is 12.9. The smallest absolute Gasteiger partial charge is 0.335 e. The number of methoxy groups -OCH3 is 1. The quantitative estimate of drug-likeness (QED) is 0.511. The number of nitrogens with zero attached hydrogens (tertiary/aromatic N) is 1. The molecule has 0 radical (unpaired) electrons. The average molecular weight is 425 g/mol. The summed E-state index contributed by atoms with van der Waals surface area (Å²) in [6.07, 6.45) is 2.23. The Hall–Kier alpha value is -3.91. The lowest BCUT2D eigenvalue weighted by atomic mass is 10.1. The molecule has 150 valence electrons. The number of halogens is 1. The molecule has 0 spiro atoms. The first-order valence-corrected chi connectivity index (χ1v) is 9.03. The van der Waals surface area contributed by atoms with Crippen LogP contribution < -0.4 is 20.4 Å². The molecule has 1 aromatic heterocycles. The Morgan fingerprint density at radius 2 is 1.80 bits per heavy atom. The molecule has 4 amide bonds. The minimum Gasteiger partial charge on any atom is -0.497 e. The van der Waals surface area contributed by atoms with Gasteiger partial charge in [-0.1, -0.05) is 11.6 Å². The van der Waals surface area contributed by atoms with Crippen LogP contribution in [0.1, 0.15) is 5.56 Å². The highest BCUT2D eigenvalue weighted by atomic mass is 35.5. The maximum Gasteiger partial charge on any atom is 0.335 e. The second-order valence-corrected chi connectivity index (χ2v) is 6.75. The molecule has 0 saturated carbocycles. The van der Waals surface area contributed by atoms with Crippen molar-refractivity contribution in [3.05, 3.63) is 75.1 Å². The minimum absolute atomic E-state index is 0.0349. The number of ether oxygens (including phenoxy) is 1. The molecule has 2 aromatic carbocycles. The number of anilines is 1. The van der Waals surface area contributed by atoms with E-state index in [1.54, 1.807) is 24.3 Å². The lowest BCUT2D eigenvalue weighted by molar-refractivity contribution is -0.122. The molecule has 0 unspecified atom stereocenters. The van der Waals surface area contributed by atoms with Crippen LogP contribution in [-0.4, -0.2) is 25.0 Å². The van der Waals surface area contributed by atoms with E-state index in [-0.39, 0.29) is 22.2 Å². The first kappa shape index (κ1) is 19.4. The van der Waals surface area contributed by atoms with E-state index in [2.05, 4.69) is 5.32 Å². The number of imide groups is 2. The predicted molar refractivity (Wildman–Crippen MR) is 109 cm³/mol. The van der Waals surface area contributed by atoms with Crippen molar-refractivity contribution in [1.29, 1.82) is 0 Å². The Labute approximate surface area is 174 Å². The van der Waals surface area contributed by atoms with Gasteiger partial charge in [0, 0.05) is 5.02 Å². The van der Waals surface area contributed by atoms with E-state index in [4.69, 9.17) is 20.8 Å². The van der Waals surface area contributed by atoms with Crippen molar-refractivity contribution < 1.29 is 23.5 Å². The Morgan fingerprint density at radius 1 is 1.07 bits per heavy atom. The topological polar surface area (TPSA) is 106 Å². The summed E-state index contributed by atoms with van der Waals surface area (Å²) in [6, 6.07) is 9.77. The fourth-order valence-corrected chi connectivity index (χ4v) is 3.17. The van der Waals surface area contributed by atoms with Crippen LogP contribution in [0.2, 0.25) is 5.02 Å². The van der Waals surface area contributed by atoms with Gasteiger partial charge in [0.05, 0.1) is 23.7 Å².